The third kappa shape index (κ3) is 3.05. The Balaban J connectivity index is 2.22. The quantitative estimate of drug-likeness (QED) is 0.804. The number of rotatable bonds is 2. The van der Waals surface area contributed by atoms with Crippen molar-refractivity contribution in [1.82, 2.24) is 9.21 Å². The fourth-order valence-electron chi connectivity index (χ4n) is 2.20. The first-order valence-corrected chi connectivity index (χ1v) is 8.57. The van der Waals surface area contributed by atoms with Crippen molar-refractivity contribution in [1.29, 1.82) is 0 Å². The minimum Gasteiger partial charge on any atom is -0.340 e. The zero-order valence-electron chi connectivity index (χ0n) is 11.5. The molecule has 20 heavy (non-hydrogen) atoms. The van der Waals surface area contributed by atoms with Gasteiger partial charge in [0.05, 0.1) is 4.90 Å². The van der Waals surface area contributed by atoms with E-state index >= 15 is 0 Å². The molecule has 0 unspecified atom stereocenters. The number of piperazine rings is 1. The fourth-order valence-corrected chi connectivity index (χ4v) is 4.77. The first kappa shape index (κ1) is 15.5. The highest BCUT2D eigenvalue weighted by Crippen LogP contribution is 2.26. The molecule has 0 bridgehead atoms. The molecule has 0 N–H and O–H groups in total. The van der Waals surface area contributed by atoms with Crippen molar-refractivity contribution in [2.45, 2.75) is 18.7 Å². The lowest BCUT2D eigenvalue weighted by Gasteiger charge is -2.33. The van der Waals surface area contributed by atoms with Crippen LogP contribution in [0.15, 0.2) is 27.6 Å². The van der Waals surface area contributed by atoms with Gasteiger partial charge in [-0.1, -0.05) is 6.07 Å². The number of amides is 1. The molecule has 0 radical (unpaired) electrons. The van der Waals surface area contributed by atoms with Crippen LogP contribution in [0, 0.1) is 6.92 Å². The molecule has 5 nitrogen and oxygen atoms in total. The summed E-state index contributed by atoms with van der Waals surface area (Å²) in [6.07, 6.45) is 0. The highest BCUT2D eigenvalue weighted by atomic mass is 79.9. The van der Waals surface area contributed by atoms with Gasteiger partial charge in [-0.3, -0.25) is 4.79 Å². The Hall–Kier alpha value is -0.920. The lowest BCUT2D eigenvalue weighted by atomic mass is 10.2. The third-order valence-corrected chi connectivity index (χ3v) is 6.26. The van der Waals surface area contributed by atoms with Crippen LogP contribution in [0.3, 0.4) is 0 Å². The van der Waals surface area contributed by atoms with Gasteiger partial charge in [0.1, 0.15) is 0 Å². The van der Waals surface area contributed by atoms with E-state index in [-0.39, 0.29) is 10.8 Å². The lowest BCUT2D eigenvalue weighted by molar-refractivity contribution is -0.129. The van der Waals surface area contributed by atoms with Crippen LogP contribution in [0.2, 0.25) is 0 Å². The van der Waals surface area contributed by atoms with Crippen LogP contribution in [0.25, 0.3) is 0 Å². The van der Waals surface area contributed by atoms with Crippen LogP contribution >= 0.6 is 15.9 Å². The fraction of sp³-hybridized carbons (Fsp3) is 0.462. The number of aryl methyl sites for hydroxylation is 1. The standard InChI is InChI=1S/C13H17BrN2O3S/c1-10-3-4-13(12(14)9-10)20(18,19)16-7-5-15(6-8-16)11(2)17/h3-4,9H,5-8H2,1-2H3. The summed E-state index contributed by atoms with van der Waals surface area (Å²) in [6.45, 7) is 4.97. The molecule has 0 spiro atoms. The lowest BCUT2D eigenvalue weighted by Crippen LogP contribution is -2.49. The number of hydrogen-bond donors (Lipinski definition) is 0. The van der Waals surface area contributed by atoms with E-state index in [0.717, 1.165) is 5.56 Å². The maximum absolute atomic E-state index is 12.6. The highest BCUT2D eigenvalue weighted by Gasteiger charge is 2.30. The largest absolute Gasteiger partial charge is 0.340 e. The molecular weight excluding hydrogens is 344 g/mol. The van der Waals surface area contributed by atoms with Gasteiger partial charge < -0.3 is 4.90 Å². The molecule has 0 atom stereocenters. The van der Waals surface area contributed by atoms with Crippen LogP contribution < -0.4 is 0 Å². The predicted octanol–water partition coefficient (Wildman–Crippen LogP) is 1.61. The van der Waals surface area contributed by atoms with Gasteiger partial charge in [0.2, 0.25) is 15.9 Å². The molecule has 110 valence electrons. The summed E-state index contributed by atoms with van der Waals surface area (Å²) in [5.74, 6) is -0.0152. The maximum Gasteiger partial charge on any atom is 0.244 e. The first-order valence-electron chi connectivity index (χ1n) is 6.34. The summed E-state index contributed by atoms with van der Waals surface area (Å²) in [4.78, 5) is 13.2. The summed E-state index contributed by atoms with van der Waals surface area (Å²) in [5.41, 5.74) is 0.997. The third-order valence-electron chi connectivity index (χ3n) is 3.39. The number of hydrogen-bond acceptors (Lipinski definition) is 3. The number of carbonyl (C=O) groups excluding carboxylic acids is 1. The average Bonchev–Trinajstić information content (AvgIpc) is 2.38. The Bertz CT molecular complexity index is 623. The van der Waals surface area contributed by atoms with Crippen LogP contribution in [0.5, 0.6) is 0 Å². The second-order valence-corrected chi connectivity index (χ2v) is 7.60. The molecule has 0 saturated carbocycles. The van der Waals surface area contributed by atoms with Crippen molar-refractivity contribution in [3.63, 3.8) is 0 Å². The molecule has 1 amide bonds. The first-order chi connectivity index (χ1) is 9.32. The van der Waals surface area contributed by atoms with E-state index in [1.54, 1.807) is 23.1 Å². The zero-order valence-corrected chi connectivity index (χ0v) is 13.9. The molecular formula is C13H17BrN2O3S. The number of halogens is 1. The van der Waals surface area contributed by atoms with Crippen LogP contribution in [-0.2, 0) is 14.8 Å². The number of nitrogens with zero attached hydrogens (tertiary/aromatic N) is 2. The monoisotopic (exact) mass is 360 g/mol. The number of carbonyl (C=O) groups is 1. The Morgan fingerprint density at radius 3 is 2.30 bits per heavy atom. The molecule has 1 aromatic carbocycles. The van der Waals surface area contributed by atoms with E-state index in [1.807, 2.05) is 6.92 Å². The Morgan fingerprint density at radius 2 is 1.80 bits per heavy atom. The summed E-state index contributed by atoms with van der Waals surface area (Å²) in [6, 6.07) is 5.19. The highest BCUT2D eigenvalue weighted by molar-refractivity contribution is 9.10. The van der Waals surface area contributed by atoms with Gasteiger partial charge in [-0.15, -0.1) is 0 Å². The molecule has 0 aromatic heterocycles. The van der Waals surface area contributed by atoms with Gasteiger partial charge in [0.15, 0.2) is 0 Å². The Labute approximate surface area is 127 Å². The maximum atomic E-state index is 12.6. The molecule has 0 aliphatic carbocycles. The van der Waals surface area contributed by atoms with E-state index in [2.05, 4.69) is 15.9 Å². The van der Waals surface area contributed by atoms with Crippen molar-refractivity contribution in [3.05, 3.63) is 28.2 Å². The minimum atomic E-state index is -3.51. The molecule has 7 heteroatoms. The van der Waals surface area contributed by atoms with E-state index < -0.39 is 10.0 Å². The van der Waals surface area contributed by atoms with Crippen molar-refractivity contribution in [2.24, 2.45) is 0 Å². The van der Waals surface area contributed by atoms with Crippen molar-refractivity contribution >= 4 is 31.9 Å². The SMILES string of the molecule is CC(=O)N1CCN(S(=O)(=O)c2ccc(C)cc2Br)CC1. The van der Waals surface area contributed by atoms with E-state index in [0.29, 0.717) is 30.7 Å². The number of sulfonamides is 1. The minimum absolute atomic E-state index is 0.0152. The molecule has 1 heterocycles. The normalized spacial score (nSPS) is 17.2. The second-order valence-electron chi connectivity index (χ2n) is 4.84. The second kappa shape index (κ2) is 5.83. The molecule has 2 rings (SSSR count). The smallest absolute Gasteiger partial charge is 0.244 e. The number of benzene rings is 1. The van der Waals surface area contributed by atoms with Crippen molar-refractivity contribution < 1.29 is 13.2 Å². The average molecular weight is 361 g/mol. The van der Waals surface area contributed by atoms with Gasteiger partial charge in [0.25, 0.3) is 0 Å². The molecule has 1 saturated heterocycles. The molecule has 1 aliphatic rings. The summed E-state index contributed by atoms with van der Waals surface area (Å²) in [5, 5.41) is 0. The van der Waals surface area contributed by atoms with E-state index in [4.69, 9.17) is 0 Å². The summed E-state index contributed by atoms with van der Waals surface area (Å²) in [7, 11) is -3.51. The summed E-state index contributed by atoms with van der Waals surface area (Å²) >= 11 is 3.31. The zero-order chi connectivity index (χ0) is 14.9. The van der Waals surface area contributed by atoms with Crippen LogP contribution in [0.1, 0.15) is 12.5 Å². The van der Waals surface area contributed by atoms with Gasteiger partial charge in [-0.2, -0.15) is 4.31 Å². The van der Waals surface area contributed by atoms with Gasteiger partial charge in [-0.05, 0) is 40.5 Å². The molecule has 1 fully saturated rings. The van der Waals surface area contributed by atoms with Crippen LogP contribution in [-0.4, -0.2) is 49.7 Å². The van der Waals surface area contributed by atoms with Crippen LogP contribution in [0.4, 0.5) is 0 Å². The van der Waals surface area contributed by atoms with Gasteiger partial charge >= 0.3 is 0 Å². The predicted molar refractivity (Wildman–Crippen MR) is 79.9 cm³/mol. The Kier molecular flexibility index (Phi) is 4.51. The van der Waals surface area contributed by atoms with Crippen molar-refractivity contribution in [3.8, 4) is 0 Å². The van der Waals surface area contributed by atoms with Gasteiger partial charge in [-0.25, -0.2) is 8.42 Å². The van der Waals surface area contributed by atoms with Crippen molar-refractivity contribution in [2.75, 3.05) is 26.2 Å². The van der Waals surface area contributed by atoms with E-state index in [1.165, 1.54) is 11.2 Å². The Morgan fingerprint density at radius 1 is 1.20 bits per heavy atom. The van der Waals surface area contributed by atoms with E-state index in [9.17, 15) is 13.2 Å². The van der Waals surface area contributed by atoms with Gasteiger partial charge in [0, 0.05) is 37.6 Å². The summed E-state index contributed by atoms with van der Waals surface area (Å²) < 4.78 is 27.2. The molecule has 1 aliphatic heterocycles. The topological polar surface area (TPSA) is 57.7 Å². The molecule has 1 aromatic rings.